The molecule has 0 aromatic heterocycles. The highest BCUT2D eigenvalue weighted by molar-refractivity contribution is 9.10. The maximum atomic E-state index is 13.2. The summed E-state index contributed by atoms with van der Waals surface area (Å²) in [6.07, 6.45) is -0.610. The molecule has 1 N–H and O–H groups in total. The summed E-state index contributed by atoms with van der Waals surface area (Å²) in [4.78, 5) is 13.2. The Hall–Kier alpha value is -0.940. The number of benzene rings is 1. The standard InChI is InChI=1S/C11H13BrFNO2/c1-7(15)6-14(2)11(16)8-4-3-5-9(13)10(8)12/h3-5,7,15H,6H2,1-2H3. The minimum Gasteiger partial charge on any atom is -0.392 e. The van der Waals surface area contributed by atoms with E-state index in [0.29, 0.717) is 0 Å². The lowest BCUT2D eigenvalue weighted by Crippen LogP contribution is -2.33. The molecule has 0 radical (unpaired) electrons. The topological polar surface area (TPSA) is 40.5 Å². The number of rotatable bonds is 3. The Kier molecular flexibility index (Phi) is 4.44. The third-order valence-electron chi connectivity index (χ3n) is 2.07. The molecule has 5 heteroatoms. The van der Waals surface area contributed by atoms with E-state index >= 15 is 0 Å². The predicted molar refractivity (Wildman–Crippen MR) is 62.7 cm³/mol. The van der Waals surface area contributed by atoms with E-state index in [2.05, 4.69) is 15.9 Å². The zero-order chi connectivity index (χ0) is 12.3. The monoisotopic (exact) mass is 289 g/mol. The quantitative estimate of drug-likeness (QED) is 0.925. The maximum absolute atomic E-state index is 13.2. The van der Waals surface area contributed by atoms with Gasteiger partial charge in [-0.15, -0.1) is 0 Å². The van der Waals surface area contributed by atoms with Crippen LogP contribution in [0.4, 0.5) is 4.39 Å². The van der Waals surface area contributed by atoms with Crippen molar-refractivity contribution in [3.8, 4) is 0 Å². The number of aliphatic hydroxyl groups excluding tert-OH is 1. The van der Waals surface area contributed by atoms with Gasteiger partial charge in [0, 0.05) is 13.6 Å². The second kappa shape index (κ2) is 5.41. The average Bonchev–Trinajstić information content (AvgIpc) is 2.20. The van der Waals surface area contributed by atoms with Gasteiger partial charge in [-0.3, -0.25) is 4.79 Å². The molecule has 1 aromatic carbocycles. The van der Waals surface area contributed by atoms with Gasteiger partial charge in [0.15, 0.2) is 0 Å². The number of carbonyl (C=O) groups is 1. The molecule has 16 heavy (non-hydrogen) atoms. The molecule has 0 aliphatic carbocycles. The van der Waals surface area contributed by atoms with E-state index in [-0.39, 0.29) is 22.5 Å². The Labute approximate surface area is 102 Å². The first-order valence-electron chi connectivity index (χ1n) is 4.81. The van der Waals surface area contributed by atoms with Crippen molar-refractivity contribution in [2.45, 2.75) is 13.0 Å². The summed E-state index contributed by atoms with van der Waals surface area (Å²) in [5, 5.41) is 9.16. The van der Waals surface area contributed by atoms with E-state index in [1.165, 1.54) is 23.1 Å². The van der Waals surface area contributed by atoms with Crippen LogP contribution in [0.25, 0.3) is 0 Å². The second-order valence-electron chi connectivity index (χ2n) is 3.64. The Morgan fingerprint density at radius 2 is 2.25 bits per heavy atom. The van der Waals surface area contributed by atoms with Crippen molar-refractivity contribution < 1.29 is 14.3 Å². The average molecular weight is 290 g/mol. The van der Waals surface area contributed by atoms with Crippen LogP contribution in [0.15, 0.2) is 22.7 Å². The Morgan fingerprint density at radius 3 is 2.81 bits per heavy atom. The van der Waals surface area contributed by atoms with Crippen LogP contribution < -0.4 is 0 Å². The predicted octanol–water partition coefficient (Wildman–Crippen LogP) is 2.04. The number of amides is 1. The van der Waals surface area contributed by atoms with E-state index < -0.39 is 11.9 Å². The molecular weight excluding hydrogens is 277 g/mol. The van der Waals surface area contributed by atoms with E-state index in [9.17, 15) is 9.18 Å². The van der Waals surface area contributed by atoms with Gasteiger partial charge in [0.2, 0.25) is 0 Å². The molecule has 1 aromatic rings. The molecule has 0 heterocycles. The van der Waals surface area contributed by atoms with E-state index in [4.69, 9.17) is 5.11 Å². The van der Waals surface area contributed by atoms with Crippen molar-refractivity contribution >= 4 is 21.8 Å². The Balaban J connectivity index is 2.92. The number of nitrogens with zero attached hydrogens (tertiary/aromatic N) is 1. The fourth-order valence-corrected chi connectivity index (χ4v) is 1.79. The molecule has 0 saturated carbocycles. The van der Waals surface area contributed by atoms with E-state index in [1.807, 2.05) is 0 Å². The van der Waals surface area contributed by atoms with Gasteiger partial charge in [-0.2, -0.15) is 0 Å². The lowest BCUT2D eigenvalue weighted by Gasteiger charge is -2.19. The van der Waals surface area contributed by atoms with Crippen molar-refractivity contribution in [3.63, 3.8) is 0 Å². The van der Waals surface area contributed by atoms with Crippen LogP contribution in [-0.2, 0) is 0 Å². The summed E-state index contributed by atoms with van der Waals surface area (Å²) in [5.74, 6) is -0.802. The molecule has 0 bridgehead atoms. The first kappa shape index (κ1) is 13.1. The summed E-state index contributed by atoms with van der Waals surface area (Å²) < 4.78 is 13.3. The van der Waals surface area contributed by atoms with Gasteiger partial charge < -0.3 is 10.0 Å². The van der Waals surface area contributed by atoms with Crippen molar-refractivity contribution in [3.05, 3.63) is 34.1 Å². The van der Waals surface area contributed by atoms with Crippen molar-refractivity contribution in [1.29, 1.82) is 0 Å². The lowest BCUT2D eigenvalue weighted by atomic mass is 10.2. The van der Waals surface area contributed by atoms with Gasteiger partial charge in [0.25, 0.3) is 5.91 Å². The Morgan fingerprint density at radius 1 is 1.62 bits per heavy atom. The van der Waals surface area contributed by atoms with Crippen LogP contribution in [0.5, 0.6) is 0 Å². The highest BCUT2D eigenvalue weighted by atomic mass is 79.9. The summed E-state index contributed by atoms with van der Waals surface area (Å²) in [5.41, 5.74) is 0.253. The molecule has 1 unspecified atom stereocenters. The zero-order valence-corrected chi connectivity index (χ0v) is 10.7. The van der Waals surface area contributed by atoms with Gasteiger partial charge in [-0.25, -0.2) is 4.39 Å². The molecular formula is C11H13BrFNO2. The van der Waals surface area contributed by atoms with Crippen molar-refractivity contribution in [1.82, 2.24) is 4.90 Å². The number of carbonyl (C=O) groups excluding carboxylic acids is 1. The first-order chi connectivity index (χ1) is 7.43. The highest BCUT2D eigenvalue weighted by Crippen LogP contribution is 2.21. The molecule has 1 atom stereocenters. The van der Waals surface area contributed by atoms with Crippen LogP contribution in [0.3, 0.4) is 0 Å². The highest BCUT2D eigenvalue weighted by Gasteiger charge is 2.17. The molecule has 0 aliphatic heterocycles. The van der Waals surface area contributed by atoms with Gasteiger partial charge in [0.05, 0.1) is 16.1 Å². The fraction of sp³-hybridized carbons (Fsp3) is 0.364. The number of hydrogen-bond donors (Lipinski definition) is 1. The Bertz CT molecular complexity index is 396. The second-order valence-corrected chi connectivity index (χ2v) is 4.43. The van der Waals surface area contributed by atoms with Gasteiger partial charge in [-0.1, -0.05) is 6.07 Å². The molecule has 88 valence electrons. The zero-order valence-electron chi connectivity index (χ0n) is 9.08. The minimum absolute atomic E-state index is 0.150. The fourth-order valence-electron chi connectivity index (χ4n) is 1.35. The van der Waals surface area contributed by atoms with Gasteiger partial charge in [0.1, 0.15) is 5.82 Å². The summed E-state index contributed by atoms with van der Waals surface area (Å²) in [6.45, 7) is 1.80. The molecule has 0 fully saturated rings. The molecule has 0 aliphatic rings. The molecule has 1 amide bonds. The third-order valence-corrected chi connectivity index (χ3v) is 2.87. The smallest absolute Gasteiger partial charge is 0.254 e. The molecule has 3 nitrogen and oxygen atoms in total. The lowest BCUT2D eigenvalue weighted by molar-refractivity contribution is 0.0702. The number of aliphatic hydroxyl groups is 1. The van der Waals surface area contributed by atoms with Gasteiger partial charge in [-0.05, 0) is 35.0 Å². The summed E-state index contributed by atoms with van der Waals surface area (Å²) in [6, 6.07) is 4.28. The minimum atomic E-state index is -0.610. The number of halogens is 2. The van der Waals surface area contributed by atoms with Crippen molar-refractivity contribution in [2.75, 3.05) is 13.6 Å². The van der Waals surface area contributed by atoms with E-state index in [0.717, 1.165) is 0 Å². The summed E-state index contributed by atoms with van der Waals surface area (Å²) >= 11 is 3.03. The molecule has 0 spiro atoms. The third kappa shape index (κ3) is 3.02. The van der Waals surface area contributed by atoms with Crippen LogP contribution >= 0.6 is 15.9 Å². The first-order valence-corrected chi connectivity index (χ1v) is 5.60. The SMILES string of the molecule is CC(O)CN(C)C(=O)c1cccc(F)c1Br. The largest absolute Gasteiger partial charge is 0.392 e. The number of hydrogen-bond acceptors (Lipinski definition) is 2. The van der Waals surface area contributed by atoms with Gasteiger partial charge >= 0.3 is 0 Å². The van der Waals surface area contributed by atoms with E-state index in [1.54, 1.807) is 14.0 Å². The molecule has 0 saturated heterocycles. The number of likely N-dealkylation sites (N-methyl/N-ethyl adjacent to an activating group) is 1. The van der Waals surface area contributed by atoms with Crippen LogP contribution in [0.1, 0.15) is 17.3 Å². The normalized spacial score (nSPS) is 12.3. The van der Waals surface area contributed by atoms with Crippen LogP contribution in [0, 0.1) is 5.82 Å². The molecule has 1 rings (SSSR count). The van der Waals surface area contributed by atoms with Crippen LogP contribution in [0.2, 0.25) is 0 Å². The maximum Gasteiger partial charge on any atom is 0.254 e. The van der Waals surface area contributed by atoms with Crippen LogP contribution in [-0.4, -0.2) is 35.6 Å². The van der Waals surface area contributed by atoms with Crippen molar-refractivity contribution in [2.24, 2.45) is 0 Å². The summed E-state index contributed by atoms with van der Waals surface area (Å²) in [7, 11) is 1.56.